The lowest BCUT2D eigenvalue weighted by molar-refractivity contribution is -0.135. The van der Waals surface area contributed by atoms with Crippen LogP contribution in [0.4, 0.5) is 4.79 Å². The molecule has 54 heavy (non-hydrogen) atoms. The number of amidine groups is 1. The third kappa shape index (κ3) is 8.43. The highest BCUT2D eigenvalue weighted by Gasteiger charge is 2.40. The Morgan fingerprint density at radius 3 is 2.43 bits per heavy atom. The maximum atomic E-state index is 13.7. The van der Waals surface area contributed by atoms with E-state index in [1.165, 1.54) is 12.7 Å². The average molecular weight is 741 g/mol. The summed E-state index contributed by atoms with van der Waals surface area (Å²) in [6.07, 6.45) is 12.5. The lowest BCUT2D eigenvalue weighted by Gasteiger charge is -2.31. The molecular formula is C42H60N8O4. The van der Waals surface area contributed by atoms with Gasteiger partial charge in [0.1, 0.15) is 17.7 Å². The molecule has 1 aliphatic carbocycles. The van der Waals surface area contributed by atoms with E-state index in [-0.39, 0.29) is 41.8 Å². The number of alkyl carbamates (subject to hydrolysis) is 1. The molecule has 5 atom stereocenters. The van der Waals surface area contributed by atoms with Crippen molar-refractivity contribution in [2.45, 2.75) is 123 Å². The average Bonchev–Trinajstić information content (AvgIpc) is 3.99. The van der Waals surface area contributed by atoms with Gasteiger partial charge in [0.2, 0.25) is 11.8 Å². The summed E-state index contributed by atoms with van der Waals surface area (Å²) in [5.74, 6) is 1.61. The van der Waals surface area contributed by atoms with E-state index in [9.17, 15) is 14.4 Å². The summed E-state index contributed by atoms with van der Waals surface area (Å²) in [7, 11) is 1.31. The molecule has 12 heteroatoms. The highest BCUT2D eigenvalue weighted by Crippen LogP contribution is 2.37. The number of nitrogens with two attached hydrogens (primary N) is 1. The van der Waals surface area contributed by atoms with Gasteiger partial charge in [-0.15, -0.1) is 0 Å². The summed E-state index contributed by atoms with van der Waals surface area (Å²) in [6, 6.07) is 7.26. The fraction of sp³-hybridized carbons (Fsp3) is 0.595. The minimum Gasteiger partial charge on any atom is -0.453 e. The monoisotopic (exact) mass is 740 g/mol. The fourth-order valence-corrected chi connectivity index (χ4v) is 8.35. The largest absolute Gasteiger partial charge is 0.453 e. The zero-order chi connectivity index (χ0) is 38.5. The molecule has 5 N–H and O–H groups in total. The Hall–Kier alpha value is -4.45. The first kappa shape index (κ1) is 39.2. The van der Waals surface area contributed by atoms with E-state index in [1.807, 2.05) is 37.5 Å². The summed E-state index contributed by atoms with van der Waals surface area (Å²) in [5, 5.41) is 6.40. The number of nitrogens with zero attached hydrogens (tertiary/aromatic N) is 4. The van der Waals surface area contributed by atoms with Crippen LogP contribution in [-0.2, 0) is 20.7 Å². The van der Waals surface area contributed by atoms with Gasteiger partial charge in [-0.1, -0.05) is 58.9 Å². The molecule has 3 amide bonds. The molecule has 1 aromatic carbocycles. The topological polar surface area (TPSA) is 158 Å². The third-order valence-corrected chi connectivity index (χ3v) is 11.5. The molecule has 2 saturated heterocycles. The van der Waals surface area contributed by atoms with Gasteiger partial charge in [-0.3, -0.25) is 14.6 Å². The standard InChI is InChI=1S/C42H60N8O4/c1-7-13-27(23-30-14-8-9-17-31-37(30)47-39(45-31)34-19-12-20-49(34)40(51)35(43)25(2)3)28-15-10-16-29(22-28)32-24-44-38(46-32)33-18-11-21-50(33)41(52)36(26(4)5)48-42(53)54-6/h10,13,15-16,22-23,25-26,32-36H,7-9,11-12,14,17-21,24,43H2,1-6H3,(H,44,46)(H,45,47)(H,48,53)/b27-13+,30-23+/t32?,33-,34-,35-,36-/m0/s1. The Bertz CT molecular complexity index is 1780. The van der Waals surface area contributed by atoms with Crippen LogP contribution in [0, 0.1) is 11.8 Å². The number of nitrogens with one attached hydrogen (secondary N) is 3. The van der Waals surface area contributed by atoms with Crippen molar-refractivity contribution in [3.63, 3.8) is 0 Å². The molecule has 0 bridgehead atoms. The molecule has 0 spiro atoms. The number of carbonyl (C=O) groups excluding carboxylic acids is 3. The number of ether oxygens (including phenoxy) is 1. The Balaban J connectivity index is 1.20. The number of amides is 3. The molecule has 0 saturated carbocycles. The minimum atomic E-state index is -0.668. The van der Waals surface area contributed by atoms with Gasteiger partial charge >= 0.3 is 6.09 Å². The SMILES string of the molecule is CC/C=C(\C=C1/CCCCc2[nH]c([C@@H]3CCCN3C(=O)[C@@H](N)C(C)C)nc21)c1cccc(C2CN=C([C@@H]3CCCN3C(=O)[C@@H](NC(=O)OC)C(C)C)N2)c1. The number of methoxy groups -OCH3 is 1. The second-order valence-electron chi connectivity index (χ2n) is 15.9. The number of likely N-dealkylation sites (tertiary alicyclic amines) is 2. The molecule has 1 aromatic heterocycles. The number of H-pyrrole nitrogens is 1. The Morgan fingerprint density at radius 2 is 1.72 bits per heavy atom. The number of fused-ring (bicyclic) bond motifs is 1. The second kappa shape index (κ2) is 17.3. The molecule has 4 heterocycles. The number of imidazole rings is 1. The normalized spacial score (nSPS) is 23.6. The van der Waals surface area contributed by atoms with Crippen LogP contribution in [0.15, 0.2) is 41.4 Å². The smallest absolute Gasteiger partial charge is 0.407 e. The maximum Gasteiger partial charge on any atom is 0.407 e. The highest BCUT2D eigenvalue weighted by atomic mass is 16.5. The van der Waals surface area contributed by atoms with E-state index < -0.39 is 18.2 Å². The van der Waals surface area contributed by atoms with Gasteiger partial charge in [0.05, 0.1) is 43.5 Å². The van der Waals surface area contributed by atoms with Crippen molar-refractivity contribution < 1.29 is 19.1 Å². The van der Waals surface area contributed by atoms with E-state index in [1.54, 1.807) is 0 Å². The van der Waals surface area contributed by atoms with Crippen molar-refractivity contribution in [1.29, 1.82) is 0 Å². The summed E-state index contributed by atoms with van der Waals surface area (Å²) in [6.45, 7) is 11.9. The number of hydrogen-bond acceptors (Lipinski definition) is 8. The van der Waals surface area contributed by atoms with Crippen LogP contribution in [0.2, 0.25) is 0 Å². The predicted octanol–water partition coefficient (Wildman–Crippen LogP) is 6.07. The van der Waals surface area contributed by atoms with Crippen molar-refractivity contribution in [2.24, 2.45) is 22.6 Å². The lowest BCUT2D eigenvalue weighted by Crippen LogP contribution is -2.54. The molecule has 12 nitrogen and oxygen atoms in total. The molecule has 292 valence electrons. The van der Waals surface area contributed by atoms with Crippen LogP contribution in [0.5, 0.6) is 0 Å². The van der Waals surface area contributed by atoms with Crippen LogP contribution >= 0.6 is 0 Å². The van der Waals surface area contributed by atoms with Crippen LogP contribution in [-0.4, -0.2) is 88.4 Å². The van der Waals surface area contributed by atoms with Crippen LogP contribution in [0.1, 0.15) is 126 Å². The van der Waals surface area contributed by atoms with Crippen molar-refractivity contribution in [2.75, 3.05) is 26.7 Å². The van der Waals surface area contributed by atoms with E-state index in [0.29, 0.717) is 19.6 Å². The fourth-order valence-electron chi connectivity index (χ4n) is 8.35. The molecule has 3 aliphatic heterocycles. The van der Waals surface area contributed by atoms with Gasteiger partial charge in [-0.25, -0.2) is 9.78 Å². The molecule has 2 fully saturated rings. The zero-order valence-electron chi connectivity index (χ0n) is 33.0. The molecule has 0 radical (unpaired) electrons. The molecule has 1 unspecified atom stereocenters. The number of hydrogen-bond donors (Lipinski definition) is 4. The number of aromatic amines is 1. The molecule has 6 rings (SSSR count). The first-order chi connectivity index (χ1) is 26.0. The third-order valence-electron chi connectivity index (χ3n) is 11.5. The molecule has 4 aliphatic rings. The number of allylic oxidation sites excluding steroid dienone is 4. The van der Waals surface area contributed by atoms with Crippen LogP contribution in [0.3, 0.4) is 0 Å². The van der Waals surface area contributed by atoms with Crippen molar-refractivity contribution >= 4 is 34.9 Å². The number of aromatic nitrogens is 2. The summed E-state index contributed by atoms with van der Waals surface area (Å²) < 4.78 is 4.80. The summed E-state index contributed by atoms with van der Waals surface area (Å²) in [4.78, 5) is 56.7. The van der Waals surface area contributed by atoms with Gasteiger partial charge in [0.15, 0.2) is 0 Å². The van der Waals surface area contributed by atoms with Gasteiger partial charge in [-0.2, -0.15) is 0 Å². The first-order valence-corrected chi connectivity index (χ1v) is 20.1. The van der Waals surface area contributed by atoms with Gasteiger partial charge in [-0.05, 0) is 104 Å². The van der Waals surface area contributed by atoms with Gasteiger partial charge in [0, 0.05) is 18.8 Å². The van der Waals surface area contributed by atoms with Gasteiger partial charge < -0.3 is 35.9 Å². The Morgan fingerprint density at radius 1 is 1.00 bits per heavy atom. The number of benzene rings is 1. The molecule has 2 aromatic rings. The van der Waals surface area contributed by atoms with Crippen LogP contribution in [0.25, 0.3) is 11.1 Å². The van der Waals surface area contributed by atoms with E-state index >= 15 is 0 Å². The zero-order valence-corrected chi connectivity index (χ0v) is 33.0. The number of carbonyl (C=O) groups is 3. The highest BCUT2D eigenvalue weighted by molar-refractivity contribution is 5.95. The number of aryl methyl sites for hydroxylation is 1. The van der Waals surface area contributed by atoms with E-state index in [0.717, 1.165) is 97.5 Å². The lowest BCUT2D eigenvalue weighted by atomic mass is 9.95. The quantitative estimate of drug-likeness (QED) is 0.204. The van der Waals surface area contributed by atoms with E-state index in [4.69, 9.17) is 20.4 Å². The van der Waals surface area contributed by atoms with Crippen molar-refractivity contribution in [3.05, 3.63) is 64.8 Å². The van der Waals surface area contributed by atoms with Crippen molar-refractivity contribution in [1.82, 2.24) is 30.4 Å². The maximum absolute atomic E-state index is 13.7. The Labute approximate surface area is 320 Å². The number of aliphatic imine (C=N–C) groups is 1. The summed E-state index contributed by atoms with van der Waals surface area (Å²) >= 11 is 0. The molecular weight excluding hydrogens is 681 g/mol. The minimum absolute atomic E-state index is 0.0126. The second-order valence-corrected chi connectivity index (χ2v) is 15.9. The number of rotatable bonds is 11. The van der Waals surface area contributed by atoms with Crippen molar-refractivity contribution in [3.8, 4) is 0 Å². The Kier molecular flexibility index (Phi) is 12.6. The van der Waals surface area contributed by atoms with Gasteiger partial charge in [0.25, 0.3) is 0 Å². The first-order valence-electron chi connectivity index (χ1n) is 20.1. The predicted molar refractivity (Wildman–Crippen MR) is 212 cm³/mol. The van der Waals surface area contributed by atoms with Crippen LogP contribution < -0.4 is 16.4 Å². The van der Waals surface area contributed by atoms with E-state index in [2.05, 4.69) is 59.0 Å². The summed E-state index contributed by atoms with van der Waals surface area (Å²) in [5.41, 5.74) is 13.2.